The fraction of sp³-hybridized carbons (Fsp3) is 0.250. The first-order valence-corrected chi connectivity index (χ1v) is 9.83. The summed E-state index contributed by atoms with van der Waals surface area (Å²) in [6.07, 6.45) is 3.13. The Bertz CT molecular complexity index is 882. The summed E-state index contributed by atoms with van der Waals surface area (Å²) >= 11 is 0. The Morgan fingerprint density at radius 1 is 1.04 bits per heavy atom. The molecular formula is C20H23NO4S. The highest BCUT2D eigenvalue weighted by Crippen LogP contribution is 2.20. The highest BCUT2D eigenvalue weighted by molar-refractivity contribution is 7.89. The summed E-state index contributed by atoms with van der Waals surface area (Å²) in [7, 11) is -1.95. The SMILES string of the molecule is CCN(CC)S(=O)(=O)c1ccc(C(=O)/C=C/c2ccccc2OC)cc1. The summed E-state index contributed by atoms with van der Waals surface area (Å²) in [6.45, 7) is 4.39. The van der Waals surface area contributed by atoms with Crippen molar-refractivity contribution in [3.05, 3.63) is 65.7 Å². The Labute approximate surface area is 155 Å². The smallest absolute Gasteiger partial charge is 0.243 e. The minimum Gasteiger partial charge on any atom is -0.496 e. The van der Waals surface area contributed by atoms with Crippen LogP contribution in [0.25, 0.3) is 6.08 Å². The molecule has 6 heteroatoms. The molecule has 0 fully saturated rings. The van der Waals surface area contributed by atoms with E-state index in [1.54, 1.807) is 27.0 Å². The van der Waals surface area contributed by atoms with Gasteiger partial charge in [-0.2, -0.15) is 4.31 Å². The number of carbonyl (C=O) groups is 1. The lowest BCUT2D eigenvalue weighted by molar-refractivity contribution is 0.104. The molecule has 0 unspecified atom stereocenters. The number of hydrogen-bond acceptors (Lipinski definition) is 4. The molecule has 26 heavy (non-hydrogen) atoms. The highest BCUT2D eigenvalue weighted by Gasteiger charge is 2.21. The molecule has 0 atom stereocenters. The van der Waals surface area contributed by atoms with Crippen LogP contribution >= 0.6 is 0 Å². The van der Waals surface area contributed by atoms with Gasteiger partial charge in [0.2, 0.25) is 10.0 Å². The third-order valence-electron chi connectivity index (χ3n) is 4.04. The lowest BCUT2D eigenvalue weighted by atomic mass is 10.1. The lowest BCUT2D eigenvalue weighted by Crippen LogP contribution is -2.30. The van der Waals surface area contributed by atoms with Crippen LogP contribution < -0.4 is 4.74 Å². The third-order valence-corrected chi connectivity index (χ3v) is 6.10. The molecule has 2 rings (SSSR count). The molecule has 0 aromatic heterocycles. The molecular weight excluding hydrogens is 350 g/mol. The number of sulfonamides is 1. The number of nitrogens with zero attached hydrogens (tertiary/aromatic N) is 1. The maximum Gasteiger partial charge on any atom is 0.243 e. The van der Waals surface area contributed by atoms with Gasteiger partial charge < -0.3 is 4.74 Å². The van der Waals surface area contributed by atoms with Gasteiger partial charge in [-0.3, -0.25) is 4.79 Å². The van der Waals surface area contributed by atoms with Gasteiger partial charge >= 0.3 is 0 Å². The van der Waals surface area contributed by atoms with Crippen LogP contribution in [0.3, 0.4) is 0 Å². The van der Waals surface area contributed by atoms with E-state index in [4.69, 9.17) is 4.74 Å². The van der Waals surface area contributed by atoms with Crippen LogP contribution in [-0.2, 0) is 10.0 Å². The minimum absolute atomic E-state index is 0.187. The van der Waals surface area contributed by atoms with Crippen LogP contribution in [0.5, 0.6) is 5.75 Å². The Morgan fingerprint density at radius 3 is 2.23 bits per heavy atom. The normalized spacial score (nSPS) is 11.8. The molecule has 0 amide bonds. The van der Waals surface area contributed by atoms with Crippen molar-refractivity contribution in [1.82, 2.24) is 4.31 Å². The van der Waals surface area contributed by atoms with E-state index in [0.717, 1.165) is 5.56 Å². The number of carbonyl (C=O) groups excluding carboxylic acids is 1. The monoisotopic (exact) mass is 373 g/mol. The van der Waals surface area contributed by atoms with Gasteiger partial charge in [0.1, 0.15) is 5.75 Å². The topological polar surface area (TPSA) is 63.7 Å². The van der Waals surface area contributed by atoms with Crippen LogP contribution in [0.1, 0.15) is 29.8 Å². The zero-order valence-electron chi connectivity index (χ0n) is 15.2. The Morgan fingerprint density at radius 2 is 1.65 bits per heavy atom. The Kier molecular flexibility index (Phi) is 6.71. The Hall–Kier alpha value is -2.44. The van der Waals surface area contributed by atoms with E-state index in [9.17, 15) is 13.2 Å². The van der Waals surface area contributed by atoms with Crippen molar-refractivity contribution in [3.63, 3.8) is 0 Å². The minimum atomic E-state index is -3.52. The van der Waals surface area contributed by atoms with Crippen molar-refractivity contribution in [2.75, 3.05) is 20.2 Å². The summed E-state index contributed by atoms with van der Waals surface area (Å²) < 4.78 is 31.6. The van der Waals surface area contributed by atoms with E-state index in [-0.39, 0.29) is 10.7 Å². The van der Waals surface area contributed by atoms with Gasteiger partial charge in [-0.25, -0.2) is 8.42 Å². The predicted octanol–water partition coefficient (Wildman–Crippen LogP) is 3.62. The van der Waals surface area contributed by atoms with Crippen molar-refractivity contribution in [2.45, 2.75) is 18.7 Å². The van der Waals surface area contributed by atoms with Crippen molar-refractivity contribution in [3.8, 4) is 5.75 Å². The summed E-state index contributed by atoms with van der Waals surface area (Å²) in [5.41, 5.74) is 1.22. The highest BCUT2D eigenvalue weighted by atomic mass is 32.2. The van der Waals surface area contributed by atoms with E-state index >= 15 is 0 Å². The van der Waals surface area contributed by atoms with Crippen LogP contribution in [0.4, 0.5) is 0 Å². The van der Waals surface area contributed by atoms with Crippen LogP contribution in [0.2, 0.25) is 0 Å². The molecule has 0 aliphatic carbocycles. The van der Waals surface area contributed by atoms with Crippen molar-refractivity contribution < 1.29 is 17.9 Å². The van der Waals surface area contributed by atoms with Crippen LogP contribution in [-0.4, -0.2) is 38.7 Å². The van der Waals surface area contributed by atoms with E-state index in [0.29, 0.717) is 24.4 Å². The summed E-state index contributed by atoms with van der Waals surface area (Å²) in [4.78, 5) is 12.5. The average molecular weight is 373 g/mol. The number of rotatable bonds is 8. The van der Waals surface area contributed by atoms with Gasteiger partial charge in [-0.1, -0.05) is 32.0 Å². The van der Waals surface area contributed by atoms with E-state index in [1.165, 1.54) is 34.6 Å². The first kappa shape index (κ1) is 19.9. The molecule has 0 saturated heterocycles. The molecule has 0 aliphatic rings. The molecule has 0 saturated carbocycles. The van der Waals surface area contributed by atoms with Gasteiger partial charge in [0, 0.05) is 24.2 Å². The third kappa shape index (κ3) is 4.39. The maximum atomic E-state index is 12.5. The standard InChI is InChI=1S/C20H23NO4S/c1-4-21(5-2)26(23,24)18-13-10-16(11-14-18)19(22)15-12-17-8-6-7-9-20(17)25-3/h6-15H,4-5H2,1-3H3/b15-12+. The molecule has 138 valence electrons. The van der Waals surface area contributed by atoms with Crippen LogP contribution in [0.15, 0.2) is 59.5 Å². The molecule has 0 N–H and O–H groups in total. The molecule has 0 radical (unpaired) electrons. The average Bonchev–Trinajstić information content (AvgIpc) is 2.67. The fourth-order valence-electron chi connectivity index (χ4n) is 2.57. The molecule has 0 bridgehead atoms. The molecule has 5 nitrogen and oxygen atoms in total. The number of para-hydroxylation sites is 1. The number of benzene rings is 2. The van der Waals surface area contributed by atoms with Gasteiger partial charge in [-0.15, -0.1) is 0 Å². The first-order valence-electron chi connectivity index (χ1n) is 8.39. The molecule has 0 heterocycles. The molecule has 0 aliphatic heterocycles. The first-order chi connectivity index (χ1) is 12.4. The second-order valence-electron chi connectivity index (χ2n) is 5.55. The zero-order chi connectivity index (χ0) is 19.2. The lowest BCUT2D eigenvalue weighted by Gasteiger charge is -2.18. The summed E-state index contributed by atoms with van der Waals surface area (Å²) in [6, 6.07) is 13.4. The van der Waals surface area contributed by atoms with Crippen molar-refractivity contribution in [2.24, 2.45) is 0 Å². The second-order valence-corrected chi connectivity index (χ2v) is 7.49. The zero-order valence-corrected chi connectivity index (χ0v) is 16.0. The van der Waals surface area contributed by atoms with Crippen molar-refractivity contribution >= 4 is 21.9 Å². The largest absolute Gasteiger partial charge is 0.496 e. The van der Waals surface area contributed by atoms with Gasteiger partial charge in [0.05, 0.1) is 12.0 Å². The van der Waals surface area contributed by atoms with Gasteiger partial charge in [0.15, 0.2) is 5.78 Å². The predicted molar refractivity (Wildman–Crippen MR) is 103 cm³/mol. The maximum absolute atomic E-state index is 12.5. The quantitative estimate of drug-likeness (QED) is 0.524. The molecule has 0 spiro atoms. The number of ether oxygens (including phenoxy) is 1. The van der Waals surface area contributed by atoms with E-state index in [2.05, 4.69) is 0 Å². The number of allylic oxidation sites excluding steroid dienone is 1. The second kappa shape index (κ2) is 8.78. The Balaban J connectivity index is 2.20. The van der Waals surface area contributed by atoms with Gasteiger partial charge in [0.25, 0.3) is 0 Å². The number of ketones is 1. The number of hydrogen-bond donors (Lipinski definition) is 0. The van der Waals surface area contributed by atoms with E-state index in [1.807, 2.05) is 24.3 Å². The fourth-order valence-corrected chi connectivity index (χ4v) is 4.03. The van der Waals surface area contributed by atoms with Crippen molar-refractivity contribution in [1.29, 1.82) is 0 Å². The number of methoxy groups -OCH3 is 1. The molecule has 2 aromatic carbocycles. The van der Waals surface area contributed by atoms with Crippen LogP contribution in [0, 0.1) is 0 Å². The summed E-state index contributed by atoms with van der Waals surface area (Å²) in [5, 5.41) is 0. The van der Waals surface area contributed by atoms with Gasteiger partial charge in [-0.05, 0) is 42.5 Å². The summed E-state index contributed by atoms with van der Waals surface area (Å²) in [5.74, 6) is 0.472. The molecule has 2 aromatic rings. The van der Waals surface area contributed by atoms with E-state index < -0.39 is 10.0 Å².